The van der Waals surface area contributed by atoms with Gasteiger partial charge in [0.2, 0.25) is 0 Å². The summed E-state index contributed by atoms with van der Waals surface area (Å²) in [7, 11) is 1.74. The Balaban J connectivity index is 1.56. The zero-order valence-corrected chi connectivity index (χ0v) is 15.3. The number of hydrogen-bond acceptors (Lipinski definition) is 2. The molecule has 0 radical (unpaired) electrons. The maximum atomic E-state index is 6.19. The van der Waals surface area contributed by atoms with Crippen molar-refractivity contribution in [2.45, 2.75) is 64.5 Å². The average molecular weight is 334 g/mol. The fourth-order valence-electron chi connectivity index (χ4n) is 6.81. The molecular weight excluding hydrogens is 306 g/mol. The average Bonchev–Trinajstić information content (AvgIpc) is 2.41. The second kappa shape index (κ2) is 5.13. The molecule has 4 bridgehead atoms. The number of halogens is 1. The van der Waals surface area contributed by atoms with E-state index in [1.807, 2.05) is 18.2 Å². The summed E-state index contributed by atoms with van der Waals surface area (Å²) >= 11 is 6.19. The third-order valence-corrected chi connectivity index (χ3v) is 6.76. The van der Waals surface area contributed by atoms with Gasteiger partial charge < -0.3 is 10.1 Å². The molecule has 2 nitrogen and oxygen atoms in total. The van der Waals surface area contributed by atoms with Crippen LogP contribution in [0.3, 0.4) is 0 Å². The molecule has 4 fully saturated rings. The van der Waals surface area contributed by atoms with E-state index in [-0.39, 0.29) is 0 Å². The molecular formula is C20H28ClNO. The van der Waals surface area contributed by atoms with Crippen LogP contribution in [0, 0.1) is 16.7 Å². The van der Waals surface area contributed by atoms with Gasteiger partial charge in [-0.2, -0.15) is 0 Å². The molecule has 3 heteroatoms. The van der Waals surface area contributed by atoms with Crippen LogP contribution >= 0.6 is 11.6 Å². The largest absolute Gasteiger partial charge is 0.496 e. The molecule has 1 aromatic carbocycles. The van der Waals surface area contributed by atoms with E-state index in [4.69, 9.17) is 16.3 Å². The number of hydrogen-bond donors (Lipinski definition) is 1. The zero-order chi connectivity index (χ0) is 16.3. The lowest BCUT2D eigenvalue weighted by molar-refractivity contribution is -0.118. The van der Waals surface area contributed by atoms with E-state index in [1.165, 1.54) is 44.1 Å². The summed E-state index contributed by atoms with van der Waals surface area (Å²) in [4.78, 5) is 0. The van der Waals surface area contributed by atoms with Gasteiger partial charge in [-0.1, -0.05) is 25.4 Å². The molecule has 2 unspecified atom stereocenters. The SMILES string of the molecule is COc1ccc(Cl)cc1CNC12CC3CC(C)(CC(C)(C3)C1)C2. The molecule has 0 saturated heterocycles. The van der Waals surface area contributed by atoms with E-state index in [0.29, 0.717) is 16.4 Å². The smallest absolute Gasteiger partial charge is 0.123 e. The molecule has 4 aliphatic carbocycles. The molecule has 5 rings (SSSR count). The zero-order valence-electron chi connectivity index (χ0n) is 14.5. The van der Waals surface area contributed by atoms with E-state index in [1.54, 1.807) is 7.11 Å². The Morgan fingerprint density at radius 2 is 1.83 bits per heavy atom. The van der Waals surface area contributed by atoms with Gasteiger partial charge in [0, 0.05) is 22.7 Å². The first kappa shape index (κ1) is 15.8. The number of benzene rings is 1. The molecule has 4 aliphatic rings. The van der Waals surface area contributed by atoms with Crippen molar-refractivity contribution in [1.29, 1.82) is 0 Å². The number of rotatable bonds is 4. The highest BCUT2D eigenvalue weighted by molar-refractivity contribution is 6.30. The Hall–Kier alpha value is -0.730. The minimum absolute atomic E-state index is 0.316. The summed E-state index contributed by atoms with van der Waals surface area (Å²) in [5, 5.41) is 4.74. The Kier molecular flexibility index (Phi) is 3.52. The van der Waals surface area contributed by atoms with Crippen LogP contribution in [0.5, 0.6) is 5.75 Å². The van der Waals surface area contributed by atoms with Gasteiger partial charge in [0.15, 0.2) is 0 Å². The molecule has 4 saturated carbocycles. The summed E-state index contributed by atoms with van der Waals surface area (Å²) < 4.78 is 5.51. The molecule has 0 amide bonds. The van der Waals surface area contributed by atoms with Crippen LogP contribution in [0.4, 0.5) is 0 Å². The fourth-order valence-corrected chi connectivity index (χ4v) is 7.01. The molecule has 1 N–H and O–H groups in total. The third kappa shape index (κ3) is 2.78. The van der Waals surface area contributed by atoms with E-state index >= 15 is 0 Å². The van der Waals surface area contributed by atoms with Crippen molar-refractivity contribution >= 4 is 11.6 Å². The molecule has 23 heavy (non-hydrogen) atoms. The highest BCUT2D eigenvalue weighted by Crippen LogP contribution is 2.66. The van der Waals surface area contributed by atoms with Crippen molar-refractivity contribution in [2.24, 2.45) is 16.7 Å². The molecule has 0 aliphatic heterocycles. The van der Waals surface area contributed by atoms with Crippen molar-refractivity contribution in [3.63, 3.8) is 0 Å². The summed E-state index contributed by atoms with van der Waals surface area (Å²) in [6, 6.07) is 5.91. The molecule has 0 aromatic heterocycles. The first-order valence-corrected chi connectivity index (χ1v) is 9.28. The van der Waals surface area contributed by atoms with E-state index in [9.17, 15) is 0 Å². The Morgan fingerprint density at radius 3 is 2.43 bits per heavy atom. The second-order valence-electron chi connectivity index (χ2n) is 9.22. The van der Waals surface area contributed by atoms with Crippen molar-refractivity contribution < 1.29 is 4.74 Å². The topological polar surface area (TPSA) is 21.3 Å². The van der Waals surface area contributed by atoms with Crippen molar-refractivity contribution in [1.82, 2.24) is 5.32 Å². The summed E-state index contributed by atoms with van der Waals surface area (Å²) in [5.74, 6) is 1.85. The van der Waals surface area contributed by atoms with Crippen molar-refractivity contribution in [3.05, 3.63) is 28.8 Å². The second-order valence-corrected chi connectivity index (χ2v) is 9.66. The Morgan fingerprint density at radius 1 is 1.13 bits per heavy atom. The predicted octanol–water partition coefficient (Wildman–Crippen LogP) is 5.19. The Bertz CT molecular complexity index is 610. The van der Waals surface area contributed by atoms with Gasteiger partial charge >= 0.3 is 0 Å². The minimum Gasteiger partial charge on any atom is -0.496 e. The highest BCUT2D eigenvalue weighted by atomic mass is 35.5. The number of methoxy groups -OCH3 is 1. The van der Waals surface area contributed by atoms with Gasteiger partial charge in [-0.05, 0) is 73.5 Å². The van der Waals surface area contributed by atoms with Crippen LogP contribution in [0.2, 0.25) is 5.02 Å². The molecule has 0 heterocycles. The van der Waals surface area contributed by atoms with Gasteiger partial charge in [-0.15, -0.1) is 0 Å². The van der Waals surface area contributed by atoms with Gasteiger partial charge in [0.1, 0.15) is 5.75 Å². The van der Waals surface area contributed by atoms with Gasteiger partial charge in [0.05, 0.1) is 7.11 Å². The molecule has 1 aromatic rings. The summed E-state index contributed by atoms with van der Waals surface area (Å²) in [6.45, 7) is 5.89. The third-order valence-electron chi connectivity index (χ3n) is 6.52. The number of ether oxygens (including phenoxy) is 1. The molecule has 126 valence electrons. The van der Waals surface area contributed by atoms with E-state index in [2.05, 4.69) is 19.2 Å². The monoisotopic (exact) mass is 333 g/mol. The van der Waals surface area contributed by atoms with Crippen LogP contribution < -0.4 is 10.1 Å². The first-order valence-electron chi connectivity index (χ1n) is 8.90. The maximum Gasteiger partial charge on any atom is 0.123 e. The lowest BCUT2D eigenvalue weighted by Crippen LogP contribution is -2.63. The fraction of sp³-hybridized carbons (Fsp3) is 0.700. The standard InChI is InChI=1S/C20H28ClNO/c1-18-7-14-8-19(2,11-18)13-20(9-14,12-18)22-10-15-6-16(21)4-5-17(15)23-3/h4-6,14,22H,7-13H2,1-3H3. The van der Waals surface area contributed by atoms with Crippen molar-refractivity contribution in [3.8, 4) is 5.75 Å². The minimum atomic E-state index is 0.316. The van der Waals surface area contributed by atoms with Crippen LogP contribution in [0.25, 0.3) is 0 Å². The van der Waals surface area contributed by atoms with Crippen molar-refractivity contribution in [2.75, 3.05) is 7.11 Å². The molecule has 2 atom stereocenters. The van der Waals surface area contributed by atoms with Crippen LogP contribution in [-0.4, -0.2) is 12.6 Å². The van der Waals surface area contributed by atoms with Crippen LogP contribution in [-0.2, 0) is 6.54 Å². The molecule has 0 spiro atoms. The normalized spacial score (nSPS) is 41.3. The van der Waals surface area contributed by atoms with E-state index in [0.717, 1.165) is 23.2 Å². The number of nitrogens with one attached hydrogen (secondary N) is 1. The Labute approximate surface area is 144 Å². The van der Waals surface area contributed by atoms with Gasteiger partial charge in [-0.3, -0.25) is 0 Å². The predicted molar refractivity (Wildman–Crippen MR) is 95.0 cm³/mol. The quantitative estimate of drug-likeness (QED) is 0.819. The first-order chi connectivity index (χ1) is 10.8. The summed E-state index contributed by atoms with van der Waals surface area (Å²) in [6.07, 6.45) is 8.30. The van der Waals surface area contributed by atoms with Gasteiger partial charge in [0.25, 0.3) is 0 Å². The van der Waals surface area contributed by atoms with Crippen LogP contribution in [0.15, 0.2) is 18.2 Å². The van der Waals surface area contributed by atoms with Gasteiger partial charge in [-0.25, -0.2) is 0 Å². The lowest BCUT2D eigenvalue weighted by Gasteiger charge is -2.65. The highest BCUT2D eigenvalue weighted by Gasteiger charge is 2.59. The lowest BCUT2D eigenvalue weighted by atomic mass is 9.43. The van der Waals surface area contributed by atoms with Crippen LogP contribution in [0.1, 0.15) is 57.9 Å². The maximum absolute atomic E-state index is 6.19. The summed E-state index contributed by atoms with van der Waals surface area (Å²) in [5.41, 5.74) is 2.57. The van der Waals surface area contributed by atoms with E-state index < -0.39 is 0 Å².